The standard InChI is InChI=1S/C8H5Cl2N3S/c9-5-1-6(10)3-7(2-5)13-4-11-12-8(13)14/h1-4H,(H,12,14). The number of nitrogens with zero attached hydrogens (tertiary/aromatic N) is 2. The van der Waals surface area contributed by atoms with Crippen molar-refractivity contribution < 1.29 is 0 Å². The highest BCUT2D eigenvalue weighted by molar-refractivity contribution is 7.71. The van der Waals surface area contributed by atoms with Crippen molar-refractivity contribution in [1.29, 1.82) is 0 Å². The molecule has 0 radical (unpaired) electrons. The second-order valence-electron chi connectivity index (χ2n) is 2.66. The summed E-state index contributed by atoms with van der Waals surface area (Å²) in [4.78, 5) is 0. The summed E-state index contributed by atoms with van der Waals surface area (Å²) in [5.74, 6) is 0. The maximum Gasteiger partial charge on any atom is 0.199 e. The van der Waals surface area contributed by atoms with Gasteiger partial charge in [0.2, 0.25) is 0 Å². The summed E-state index contributed by atoms with van der Waals surface area (Å²) in [6, 6.07) is 5.19. The first kappa shape index (κ1) is 9.71. The molecule has 0 bridgehead atoms. The highest BCUT2D eigenvalue weighted by Crippen LogP contribution is 2.21. The summed E-state index contributed by atoms with van der Waals surface area (Å²) in [6.07, 6.45) is 1.57. The smallest absolute Gasteiger partial charge is 0.199 e. The minimum absolute atomic E-state index is 0.503. The van der Waals surface area contributed by atoms with E-state index in [0.29, 0.717) is 14.8 Å². The second kappa shape index (κ2) is 3.73. The molecule has 14 heavy (non-hydrogen) atoms. The SMILES string of the molecule is S=c1[nH]ncn1-c1cc(Cl)cc(Cl)c1. The van der Waals surface area contributed by atoms with Crippen LogP contribution in [0.15, 0.2) is 24.5 Å². The summed E-state index contributed by atoms with van der Waals surface area (Å²) in [5, 5.41) is 7.58. The van der Waals surface area contributed by atoms with Crippen molar-refractivity contribution in [3.8, 4) is 5.69 Å². The molecule has 72 valence electrons. The highest BCUT2D eigenvalue weighted by atomic mass is 35.5. The van der Waals surface area contributed by atoms with Crippen LogP contribution in [0.25, 0.3) is 5.69 Å². The Morgan fingerprint density at radius 1 is 1.21 bits per heavy atom. The van der Waals surface area contributed by atoms with E-state index in [1.165, 1.54) is 0 Å². The summed E-state index contributed by atoms with van der Waals surface area (Å²) >= 11 is 16.7. The minimum Gasteiger partial charge on any atom is -0.275 e. The van der Waals surface area contributed by atoms with Crippen molar-refractivity contribution in [3.63, 3.8) is 0 Å². The fraction of sp³-hybridized carbons (Fsp3) is 0. The number of rotatable bonds is 1. The van der Waals surface area contributed by atoms with Gasteiger partial charge in [0.1, 0.15) is 6.33 Å². The highest BCUT2D eigenvalue weighted by Gasteiger charge is 2.01. The Hall–Kier alpha value is -0.840. The van der Waals surface area contributed by atoms with Gasteiger partial charge in [0.15, 0.2) is 4.77 Å². The number of hydrogen-bond donors (Lipinski definition) is 1. The third kappa shape index (κ3) is 1.82. The first-order valence-corrected chi connectivity index (χ1v) is 4.92. The molecule has 0 aliphatic heterocycles. The Bertz CT molecular complexity index is 497. The molecule has 0 saturated heterocycles. The molecule has 0 amide bonds. The van der Waals surface area contributed by atoms with Gasteiger partial charge in [-0.15, -0.1) is 0 Å². The van der Waals surface area contributed by atoms with Crippen molar-refractivity contribution in [3.05, 3.63) is 39.3 Å². The predicted molar refractivity (Wildman–Crippen MR) is 58.8 cm³/mol. The normalized spacial score (nSPS) is 10.4. The van der Waals surface area contributed by atoms with Gasteiger partial charge in [0, 0.05) is 10.0 Å². The van der Waals surface area contributed by atoms with Gasteiger partial charge in [-0.2, -0.15) is 5.10 Å². The van der Waals surface area contributed by atoms with Gasteiger partial charge in [-0.3, -0.25) is 9.67 Å². The molecule has 1 heterocycles. The molecule has 0 unspecified atom stereocenters. The first-order chi connectivity index (χ1) is 6.66. The van der Waals surface area contributed by atoms with E-state index in [1.54, 1.807) is 29.1 Å². The summed E-state index contributed by atoms with van der Waals surface area (Å²) < 4.78 is 2.19. The summed E-state index contributed by atoms with van der Waals surface area (Å²) in [7, 11) is 0. The van der Waals surface area contributed by atoms with Crippen LogP contribution in [-0.2, 0) is 0 Å². The molecular weight excluding hydrogens is 241 g/mol. The molecule has 0 saturated carbocycles. The van der Waals surface area contributed by atoms with Crippen LogP contribution in [-0.4, -0.2) is 14.8 Å². The van der Waals surface area contributed by atoms with Gasteiger partial charge in [-0.1, -0.05) is 23.2 Å². The Kier molecular flexibility index (Phi) is 2.58. The number of aromatic nitrogens is 3. The molecule has 2 rings (SSSR count). The lowest BCUT2D eigenvalue weighted by molar-refractivity contribution is 1.03. The third-order valence-corrected chi connectivity index (χ3v) is 2.40. The van der Waals surface area contributed by atoms with Crippen molar-refractivity contribution >= 4 is 35.4 Å². The molecular formula is C8H5Cl2N3S. The van der Waals surface area contributed by atoms with Crippen molar-refractivity contribution in [2.45, 2.75) is 0 Å². The van der Waals surface area contributed by atoms with Gasteiger partial charge in [-0.05, 0) is 30.4 Å². The number of benzene rings is 1. The fourth-order valence-corrected chi connectivity index (χ4v) is 1.83. The minimum atomic E-state index is 0.503. The van der Waals surface area contributed by atoms with Crippen molar-refractivity contribution in [2.75, 3.05) is 0 Å². The molecule has 0 aliphatic rings. The van der Waals surface area contributed by atoms with E-state index in [1.807, 2.05) is 0 Å². The van der Waals surface area contributed by atoms with Crippen LogP contribution in [0.1, 0.15) is 0 Å². The second-order valence-corrected chi connectivity index (χ2v) is 3.92. The molecule has 6 heteroatoms. The zero-order valence-electron chi connectivity index (χ0n) is 6.87. The predicted octanol–water partition coefficient (Wildman–Crippen LogP) is 3.24. The van der Waals surface area contributed by atoms with Gasteiger partial charge in [-0.25, -0.2) is 0 Å². The van der Waals surface area contributed by atoms with Crippen LogP contribution in [0.5, 0.6) is 0 Å². The van der Waals surface area contributed by atoms with Crippen molar-refractivity contribution in [1.82, 2.24) is 14.8 Å². The number of hydrogen-bond acceptors (Lipinski definition) is 2. The van der Waals surface area contributed by atoms with E-state index < -0.39 is 0 Å². The first-order valence-electron chi connectivity index (χ1n) is 3.75. The molecule has 3 nitrogen and oxygen atoms in total. The van der Waals surface area contributed by atoms with E-state index in [9.17, 15) is 0 Å². The molecule has 0 aliphatic carbocycles. The molecule has 2 aromatic rings. The molecule has 0 fully saturated rings. The van der Waals surface area contributed by atoms with E-state index in [4.69, 9.17) is 35.4 Å². The number of nitrogens with one attached hydrogen (secondary N) is 1. The van der Waals surface area contributed by atoms with Crippen LogP contribution in [0.3, 0.4) is 0 Å². The van der Waals surface area contributed by atoms with Gasteiger partial charge >= 0.3 is 0 Å². The lowest BCUT2D eigenvalue weighted by atomic mass is 10.3. The van der Waals surface area contributed by atoms with Crippen LogP contribution in [0.2, 0.25) is 10.0 Å². The van der Waals surface area contributed by atoms with E-state index in [2.05, 4.69) is 10.2 Å². The Labute approximate surface area is 95.3 Å². The van der Waals surface area contributed by atoms with Crippen LogP contribution < -0.4 is 0 Å². The number of halogens is 2. The Morgan fingerprint density at radius 3 is 2.36 bits per heavy atom. The number of H-pyrrole nitrogens is 1. The molecule has 1 N–H and O–H groups in total. The average molecular weight is 246 g/mol. The van der Waals surface area contributed by atoms with Crippen molar-refractivity contribution in [2.24, 2.45) is 0 Å². The van der Waals surface area contributed by atoms with Gasteiger partial charge < -0.3 is 0 Å². The quantitative estimate of drug-likeness (QED) is 0.783. The summed E-state index contributed by atoms with van der Waals surface area (Å²) in [5.41, 5.74) is 0.793. The van der Waals surface area contributed by atoms with E-state index in [0.717, 1.165) is 5.69 Å². The van der Waals surface area contributed by atoms with Crippen LogP contribution in [0, 0.1) is 4.77 Å². The van der Waals surface area contributed by atoms with Gasteiger partial charge in [0.05, 0.1) is 5.69 Å². The topological polar surface area (TPSA) is 33.6 Å². The lowest BCUT2D eigenvalue weighted by Crippen LogP contribution is -1.91. The zero-order valence-corrected chi connectivity index (χ0v) is 9.20. The van der Waals surface area contributed by atoms with E-state index in [-0.39, 0.29) is 0 Å². The fourth-order valence-electron chi connectivity index (χ4n) is 1.11. The maximum atomic E-state index is 5.86. The molecule has 1 aromatic heterocycles. The Morgan fingerprint density at radius 2 is 1.86 bits per heavy atom. The van der Waals surface area contributed by atoms with Crippen LogP contribution in [0.4, 0.5) is 0 Å². The summed E-state index contributed by atoms with van der Waals surface area (Å²) in [6.45, 7) is 0. The Balaban J connectivity index is 2.63. The molecule has 0 spiro atoms. The van der Waals surface area contributed by atoms with Gasteiger partial charge in [0.25, 0.3) is 0 Å². The van der Waals surface area contributed by atoms with E-state index >= 15 is 0 Å². The molecule has 1 aromatic carbocycles. The maximum absolute atomic E-state index is 5.86. The van der Waals surface area contributed by atoms with Crippen LogP contribution >= 0.6 is 35.4 Å². The average Bonchev–Trinajstić information content (AvgIpc) is 2.49. The monoisotopic (exact) mass is 245 g/mol. The number of aromatic amines is 1. The largest absolute Gasteiger partial charge is 0.275 e. The molecule has 0 atom stereocenters. The lowest BCUT2D eigenvalue weighted by Gasteiger charge is -2.02. The zero-order chi connectivity index (χ0) is 10.1. The third-order valence-electron chi connectivity index (χ3n) is 1.68.